The topological polar surface area (TPSA) is 67.2 Å². The van der Waals surface area contributed by atoms with E-state index in [0.29, 0.717) is 12.5 Å². The molecule has 0 amide bonds. The van der Waals surface area contributed by atoms with E-state index in [1.165, 1.54) is 0 Å². The molecule has 0 unspecified atom stereocenters. The number of rotatable bonds is 8. The van der Waals surface area contributed by atoms with Crippen LogP contribution in [0, 0.1) is 0 Å². The number of hydrogen-bond acceptors (Lipinski definition) is 4. The number of nitrogens with one attached hydrogen (secondary N) is 1. The van der Waals surface area contributed by atoms with Crippen LogP contribution in [-0.4, -0.2) is 42.5 Å². The van der Waals surface area contributed by atoms with Gasteiger partial charge >= 0.3 is 0 Å². The van der Waals surface area contributed by atoms with Gasteiger partial charge in [0.15, 0.2) is 0 Å². The van der Waals surface area contributed by atoms with Crippen LogP contribution in [0.25, 0.3) is 11.0 Å². The Kier molecular flexibility index (Phi) is 6.18. The number of para-hydroxylation sites is 2. The Hall–Kier alpha value is -1.90. The summed E-state index contributed by atoms with van der Waals surface area (Å²) in [5.41, 5.74) is 1.68. The predicted octanol–water partition coefficient (Wildman–Crippen LogP) is 3.94. The maximum absolute atomic E-state index is 12.8. The summed E-state index contributed by atoms with van der Waals surface area (Å²) in [6.07, 6.45) is 0. The zero-order valence-electron chi connectivity index (χ0n) is 15.4. The third-order valence-electron chi connectivity index (χ3n) is 4.54. The maximum atomic E-state index is 12.8. The third kappa shape index (κ3) is 4.51. The Morgan fingerprint density at radius 3 is 2.41 bits per heavy atom. The van der Waals surface area contributed by atoms with Crippen LogP contribution < -0.4 is 4.72 Å². The van der Waals surface area contributed by atoms with E-state index in [9.17, 15) is 8.42 Å². The molecule has 0 bridgehead atoms. The Balaban J connectivity index is 1.95. The molecule has 1 aromatic heterocycles. The van der Waals surface area contributed by atoms with Crippen LogP contribution in [0.2, 0.25) is 0 Å². The largest absolute Gasteiger partial charge is 0.308 e. The van der Waals surface area contributed by atoms with Crippen LogP contribution in [0.15, 0.2) is 57.9 Å². The first kappa shape index (κ1) is 19.9. The second-order valence-corrected chi connectivity index (χ2v) is 8.76. The number of likely N-dealkylation sites (N-methyl/N-ethyl adjacent to an activating group) is 1. The van der Waals surface area contributed by atoms with Crippen LogP contribution in [0.5, 0.6) is 0 Å². The smallest absolute Gasteiger partial charge is 0.264 e. The summed E-state index contributed by atoms with van der Waals surface area (Å²) in [4.78, 5) is 7.01. The van der Waals surface area contributed by atoms with Crippen molar-refractivity contribution in [3.8, 4) is 0 Å². The molecule has 0 aliphatic carbocycles. The van der Waals surface area contributed by atoms with Crippen molar-refractivity contribution in [3.63, 3.8) is 0 Å². The molecule has 0 spiro atoms. The first-order chi connectivity index (χ1) is 12.9. The Morgan fingerprint density at radius 1 is 1.07 bits per heavy atom. The molecule has 0 fully saturated rings. The van der Waals surface area contributed by atoms with E-state index in [1.807, 2.05) is 28.8 Å². The lowest BCUT2D eigenvalue weighted by molar-refractivity contribution is 0.292. The zero-order valence-corrected chi connectivity index (χ0v) is 17.8. The van der Waals surface area contributed by atoms with Gasteiger partial charge in [-0.2, -0.15) is 0 Å². The highest BCUT2D eigenvalue weighted by Crippen LogP contribution is 2.23. The van der Waals surface area contributed by atoms with Crippen molar-refractivity contribution < 1.29 is 8.42 Å². The number of nitrogens with zero attached hydrogens (tertiary/aromatic N) is 3. The van der Waals surface area contributed by atoms with E-state index in [2.05, 4.69) is 44.4 Å². The normalized spacial score (nSPS) is 12.0. The molecule has 0 atom stereocenters. The van der Waals surface area contributed by atoms with E-state index < -0.39 is 10.0 Å². The summed E-state index contributed by atoms with van der Waals surface area (Å²) >= 11 is 3.33. The van der Waals surface area contributed by atoms with E-state index in [0.717, 1.165) is 35.1 Å². The van der Waals surface area contributed by atoms with Crippen LogP contribution >= 0.6 is 15.9 Å². The van der Waals surface area contributed by atoms with Crippen molar-refractivity contribution in [1.29, 1.82) is 0 Å². The minimum atomic E-state index is -3.72. The van der Waals surface area contributed by atoms with Gasteiger partial charge in [-0.3, -0.25) is 0 Å². The fourth-order valence-electron chi connectivity index (χ4n) is 2.95. The first-order valence-corrected chi connectivity index (χ1v) is 11.2. The minimum Gasteiger partial charge on any atom is -0.308 e. The van der Waals surface area contributed by atoms with Gasteiger partial charge in [-0.25, -0.2) is 18.1 Å². The molecule has 6 nitrogen and oxygen atoms in total. The van der Waals surface area contributed by atoms with Crippen LogP contribution in [0.1, 0.15) is 13.8 Å². The third-order valence-corrected chi connectivity index (χ3v) is 6.41. The molecule has 0 aliphatic rings. The summed E-state index contributed by atoms with van der Waals surface area (Å²) in [6.45, 7) is 7.60. The number of fused-ring (bicyclic) bond motifs is 1. The molecule has 0 radical (unpaired) electrons. The number of sulfonamides is 1. The number of anilines is 1. The molecule has 0 saturated heterocycles. The van der Waals surface area contributed by atoms with Crippen LogP contribution in [0.4, 0.5) is 5.95 Å². The van der Waals surface area contributed by atoms with Gasteiger partial charge in [0.2, 0.25) is 5.95 Å². The minimum absolute atomic E-state index is 0.202. The van der Waals surface area contributed by atoms with Crippen LogP contribution in [-0.2, 0) is 16.6 Å². The Labute approximate surface area is 168 Å². The van der Waals surface area contributed by atoms with Gasteiger partial charge < -0.3 is 9.47 Å². The summed E-state index contributed by atoms with van der Waals surface area (Å²) in [7, 11) is -3.72. The van der Waals surface area contributed by atoms with Gasteiger partial charge in [-0.05, 0) is 49.5 Å². The van der Waals surface area contributed by atoms with Crippen molar-refractivity contribution in [3.05, 3.63) is 53.0 Å². The summed E-state index contributed by atoms with van der Waals surface area (Å²) < 4.78 is 31.0. The molecule has 27 heavy (non-hydrogen) atoms. The molecule has 0 aliphatic heterocycles. The monoisotopic (exact) mass is 450 g/mol. The van der Waals surface area contributed by atoms with Gasteiger partial charge in [0.05, 0.1) is 15.9 Å². The van der Waals surface area contributed by atoms with Crippen molar-refractivity contribution in [2.75, 3.05) is 24.4 Å². The maximum Gasteiger partial charge on any atom is 0.264 e. The molecule has 1 heterocycles. The Morgan fingerprint density at radius 2 is 1.74 bits per heavy atom. The molecule has 1 N–H and O–H groups in total. The molecule has 144 valence electrons. The average Bonchev–Trinajstić information content (AvgIpc) is 2.99. The number of halogens is 1. The van der Waals surface area contributed by atoms with Gasteiger partial charge in [-0.15, -0.1) is 0 Å². The quantitative estimate of drug-likeness (QED) is 0.564. The summed E-state index contributed by atoms with van der Waals surface area (Å²) in [6, 6.07) is 14.2. The van der Waals surface area contributed by atoms with Gasteiger partial charge in [0, 0.05) is 17.6 Å². The molecular weight excluding hydrogens is 428 g/mol. The van der Waals surface area contributed by atoms with E-state index in [1.54, 1.807) is 24.3 Å². The van der Waals surface area contributed by atoms with E-state index >= 15 is 0 Å². The summed E-state index contributed by atoms with van der Waals surface area (Å²) in [5, 5.41) is 0. The second kappa shape index (κ2) is 8.41. The molecule has 3 rings (SSSR count). The van der Waals surface area contributed by atoms with Gasteiger partial charge in [-0.1, -0.05) is 41.9 Å². The molecule has 2 aromatic carbocycles. The fourth-order valence-corrected chi connectivity index (χ4v) is 4.23. The van der Waals surface area contributed by atoms with Crippen LogP contribution in [0.3, 0.4) is 0 Å². The number of aromatic nitrogens is 2. The highest BCUT2D eigenvalue weighted by Gasteiger charge is 2.19. The summed E-state index contributed by atoms with van der Waals surface area (Å²) in [5.74, 6) is 0.339. The van der Waals surface area contributed by atoms with Crippen molar-refractivity contribution in [2.45, 2.75) is 25.3 Å². The molecule has 3 aromatic rings. The zero-order chi connectivity index (χ0) is 19.4. The highest BCUT2D eigenvalue weighted by molar-refractivity contribution is 9.10. The second-order valence-electron chi connectivity index (χ2n) is 6.16. The van der Waals surface area contributed by atoms with Gasteiger partial charge in [0.25, 0.3) is 10.0 Å². The molecule has 8 heteroatoms. The average molecular weight is 451 g/mol. The SMILES string of the molecule is CCN(CC)CCn1c(NS(=O)(=O)c2ccc(Br)cc2)nc2ccccc21. The van der Waals surface area contributed by atoms with Crippen molar-refractivity contribution in [1.82, 2.24) is 14.5 Å². The lowest BCUT2D eigenvalue weighted by Gasteiger charge is -2.19. The van der Waals surface area contributed by atoms with E-state index in [-0.39, 0.29) is 4.90 Å². The molecule has 0 saturated carbocycles. The number of imidazole rings is 1. The predicted molar refractivity (Wildman–Crippen MR) is 112 cm³/mol. The van der Waals surface area contributed by atoms with Crippen molar-refractivity contribution >= 4 is 42.9 Å². The number of benzene rings is 2. The highest BCUT2D eigenvalue weighted by atomic mass is 79.9. The standard InChI is InChI=1S/C19H23BrN4O2S/c1-3-23(4-2)13-14-24-18-8-6-5-7-17(18)21-19(24)22-27(25,26)16-11-9-15(20)10-12-16/h5-12H,3-4,13-14H2,1-2H3,(H,21,22). The lowest BCUT2D eigenvalue weighted by atomic mass is 10.3. The fraction of sp³-hybridized carbons (Fsp3) is 0.316. The Bertz CT molecular complexity index is 1010. The molecular formula is C19H23BrN4O2S. The van der Waals surface area contributed by atoms with E-state index in [4.69, 9.17) is 0 Å². The van der Waals surface area contributed by atoms with Gasteiger partial charge in [0.1, 0.15) is 0 Å². The number of hydrogen-bond donors (Lipinski definition) is 1. The van der Waals surface area contributed by atoms with Crippen molar-refractivity contribution in [2.24, 2.45) is 0 Å². The lowest BCUT2D eigenvalue weighted by Crippen LogP contribution is -2.27. The first-order valence-electron chi connectivity index (χ1n) is 8.90.